The minimum atomic E-state index is -0.330. The van der Waals surface area contributed by atoms with Gasteiger partial charge in [-0.05, 0) is 42.0 Å². The number of benzene rings is 2. The molecule has 0 fully saturated rings. The highest BCUT2D eigenvalue weighted by Gasteiger charge is 2.01. The van der Waals surface area contributed by atoms with E-state index in [1.54, 1.807) is 36.4 Å². The van der Waals surface area contributed by atoms with E-state index in [0.717, 1.165) is 10.0 Å². The maximum atomic E-state index is 11.5. The Morgan fingerprint density at radius 1 is 1.19 bits per heavy atom. The first-order valence-corrected chi connectivity index (χ1v) is 7.26. The van der Waals surface area contributed by atoms with Crippen molar-refractivity contribution in [1.29, 1.82) is 0 Å². The normalized spacial score (nSPS) is 10.6. The van der Waals surface area contributed by atoms with Crippen LogP contribution in [0.25, 0.3) is 0 Å². The topological polar surface area (TPSA) is 50.7 Å². The highest BCUT2D eigenvalue weighted by molar-refractivity contribution is 9.10. The molecule has 0 aromatic heterocycles. The molecule has 1 N–H and O–H groups in total. The van der Waals surface area contributed by atoms with Crippen LogP contribution in [0.3, 0.4) is 0 Å². The number of carbonyl (C=O) groups is 1. The lowest BCUT2D eigenvalue weighted by Crippen LogP contribution is -2.24. The molecule has 0 saturated heterocycles. The van der Waals surface area contributed by atoms with E-state index in [4.69, 9.17) is 16.3 Å². The summed E-state index contributed by atoms with van der Waals surface area (Å²) >= 11 is 9.10. The third kappa shape index (κ3) is 5.57. The second kappa shape index (κ2) is 7.81. The third-order valence-electron chi connectivity index (χ3n) is 2.46. The summed E-state index contributed by atoms with van der Waals surface area (Å²) in [6, 6.07) is 14.3. The second-order valence-electron chi connectivity index (χ2n) is 4.09. The molecule has 0 heterocycles. The van der Waals surface area contributed by atoms with Crippen molar-refractivity contribution in [3.05, 3.63) is 63.6 Å². The lowest BCUT2D eigenvalue weighted by atomic mass is 10.2. The Labute approximate surface area is 135 Å². The molecule has 2 aromatic carbocycles. The van der Waals surface area contributed by atoms with E-state index in [0.29, 0.717) is 10.8 Å². The fraction of sp³-hybridized carbons (Fsp3) is 0.0667. The average molecular weight is 368 g/mol. The van der Waals surface area contributed by atoms with Gasteiger partial charge in [0.05, 0.1) is 6.21 Å². The Morgan fingerprint density at radius 3 is 2.52 bits per heavy atom. The molecule has 0 atom stereocenters. The predicted molar refractivity (Wildman–Crippen MR) is 86.8 cm³/mol. The maximum absolute atomic E-state index is 11.5. The number of carbonyl (C=O) groups excluding carboxylic acids is 1. The monoisotopic (exact) mass is 366 g/mol. The Hall–Kier alpha value is -1.85. The van der Waals surface area contributed by atoms with Gasteiger partial charge in [0.15, 0.2) is 6.61 Å². The standard InChI is InChI=1S/C15H12BrClN2O2/c16-12-3-7-14(8-4-12)21-10-15(20)19-18-9-11-1-5-13(17)6-2-11/h1-9H,10H2,(H,19,20). The average Bonchev–Trinajstić information content (AvgIpc) is 2.49. The molecular formula is C15H12BrClN2O2. The molecule has 108 valence electrons. The number of nitrogens with one attached hydrogen (secondary N) is 1. The number of hydrogen-bond acceptors (Lipinski definition) is 3. The van der Waals surface area contributed by atoms with Crippen LogP contribution in [0.1, 0.15) is 5.56 Å². The van der Waals surface area contributed by atoms with Crippen molar-refractivity contribution in [3.63, 3.8) is 0 Å². The summed E-state index contributed by atoms with van der Waals surface area (Å²) < 4.78 is 6.27. The first-order valence-electron chi connectivity index (χ1n) is 6.09. The van der Waals surface area contributed by atoms with Crippen molar-refractivity contribution in [2.24, 2.45) is 5.10 Å². The van der Waals surface area contributed by atoms with Gasteiger partial charge in [-0.3, -0.25) is 4.79 Å². The smallest absolute Gasteiger partial charge is 0.277 e. The number of rotatable bonds is 5. The highest BCUT2D eigenvalue weighted by Crippen LogP contribution is 2.15. The summed E-state index contributed by atoms with van der Waals surface area (Å²) in [5, 5.41) is 4.49. The van der Waals surface area contributed by atoms with Crippen molar-refractivity contribution in [3.8, 4) is 5.75 Å². The molecule has 0 saturated carbocycles. The largest absolute Gasteiger partial charge is 0.484 e. The molecule has 0 aliphatic rings. The van der Waals surface area contributed by atoms with E-state index in [-0.39, 0.29) is 12.5 Å². The van der Waals surface area contributed by atoms with Gasteiger partial charge in [0.2, 0.25) is 0 Å². The Bertz CT molecular complexity index is 627. The third-order valence-corrected chi connectivity index (χ3v) is 3.24. The quantitative estimate of drug-likeness (QED) is 0.648. The zero-order valence-corrected chi connectivity index (χ0v) is 13.3. The minimum absolute atomic E-state index is 0.0976. The van der Waals surface area contributed by atoms with Crippen molar-refractivity contribution in [2.75, 3.05) is 6.61 Å². The highest BCUT2D eigenvalue weighted by atomic mass is 79.9. The molecule has 2 rings (SSSR count). The van der Waals surface area contributed by atoms with Crippen molar-refractivity contribution in [1.82, 2.24) is 5.43 Å². The SMILES string of the molecule is O=C(COc1ccc(Br)cc1)NN=Cc1ccc(Cl)cc1. The van der Waals surface area contributed by atoms with E-state index >= 15 is 0 Å². The van der Waals surface area contributed by atoms with Crippen LogP contribution >= 0.6 is 27.5 Å². The van der Waals surface area contributed by atoms with Crippen LogP contribution in [0.4, 0.5) is 0 Å². The Kier molecular flexibility index (Phi) is 5.78. The van der Waals surface area contributed by atoms with E-state index in [1.165, 1.54) is 6.21 Å². The van der Waals surface area contributed by atoms with Gasteiger partial charge in [0.1, 0.15) is 5.75 Å². The van der Waals surface area contributed by atoms with Crippen molar-refractivity contribution >= 4 is 39.7 Å². The van der Waals surface area contributed by atoms with Crippen LogP contribution in [0.15, 0.2) is 58.1 Å². The first-order chi connectivity index (χ1) is 10.1. The molecule has 21 heavy (non-hydrogen) atoms. The number of hydrogen-bond donors (Lipinski definition) is 1. The lowest BCUT2D eigenvalue weighted by Gasteiger charge is -2.04. The van der Waals surface area contributed by atoms with Gasteiger partial charge in [0, 0.05) is 9.50 Å². The van der Waals surface area contributed by atoms with E-state index < -0.39 is 0 Å². The van der Waals surface area contributed by atoms with Gasteiger partial charge in [-0.15, -0.1) is 0 Å². The number of halogens is 2. The molecule has 1 amide bonds. The van der Waals surface area contributed by atoms with Gasteiger partial charge < -0.3 is 4.74 Å². The van der Waals surface area contributed by atoms with Crippen LogP contribution < -0.4 is 10.2 Å². The molecule has 0 bridgehead atoms. The van der Waals surface area contributed by atoms with Crippen molar-refractivity contribution < 1.29 is 9.53 Å². The number of nitrogens with zero attached hydrogens (tertiary/aromatic N) is 1. The molecule has 0 radical (unpaired) electrons. The van der Waals surface area contributed by atoms with Crippen LogP contribution in [0, 0.1) is 0 Å². The van der Waals surface area contributed by atoms with Crippen molar-refractivity contribution in [2.45, 2.75) is 0 Å². The summed E-state index contributed by atoms with van der Waals surface area (Å²) in [5.74, 6) is 0.290. The Morgan fingerprint density at radius 2 is 1.86 bits per heavy atom. The molecule has 2 aromatic rings. The predicted octanol–water partition coefficient (Wildman–Crippen LogP) is 3.63. The number of amides is 1. The van der Waals surface area contributed by atoms with Gasteiger partial charge in [0.25, 0.3) is 5.91 Å². The van der Waals surface area contributed by atoms with Crippen LogP contribution in [0.2, 0.25) is 5.02 Å². The zero-order chi connectivity index (χ0) is 15.1. The summed E-state index contributed by atoms with van der Waals surface area (Å²) in [7, 11) is 0. The molecule has 4 nitrogen and oxygen atoms in total. The van der Waals surface area contributed by atoms with Crippen LogP contribution in [0.5, 0.6) is 5.75 Å². The summed E-state index contributed by atoms with van der Waals surface area (Å²) in [5.41, 5.74) is 3.23. The van der Waals surface area contributed by atoms with Crippen LogP contribution in [-0.4, -0.2) is 18.7 Å². The number of hydrazone groups is 1. The first kappa shape index (κ1) is 15.5. The molecule has 0 aliphatic heterocycles. The minimum Gasteiger partial charge on any atom is -0.484 e. The second-order valence-corrected chi connectivity index (χ2v) is 5.44. The van der Waals surface area contributed by atoms with Gasteiger partial charge in [-0.1, -0.05) is 39.7 Å². The molecular weight excluding hydrogens is 356 g/mol. The summed E-state index contributed by atoms with van der Waals surface area (Å²) in [6.45, 7) is -0.0976. The zero-order valence-electron chi connectivity index (χ0n) is 10.9. The molecule has 0 unspecified atom stereocenters. The number of ether oxygens (including phenoxy) is 1. The fourth-order valence-electron chi connectivity index (χ4n) is 1.44. The molecule has 0 aliphatic carbocycles. The van der Waals surface area contributed by atoms with E-state index in [1.807, 2.05) is 12.1 Å². The summed E-state index contributed by atoms with van der Waals surface area (Å²) in [4.78, 5) is 11.5. The van der Waals surface area contributed by atoms with Gasteiger partial charge >= 0.3 is 0 Å². The van der Waals surface area contributed by atoms with E-state index in [2.05, 4.69) is 26.5 Å². The fourth-order valence-corrected chi connectivity index (χ4v) is 1.83. The molecule has 0 spiro atoms. The maximum Gasteiger partial charge on any atom is 0.277 e. The molecule has 6 heteroatoms. The lowest BCUT2D eigenvalue weighted by molar-refractivity contribution is -0.123. The van der Waals surface area contributed by atoms with Gasteiger partial charge in [-0.2, -0.15) is 5.10 Å². The summed E-state index contributed by atoms with van der Waals surface area (Å²) in [6.07, 6.45) is 1.54. The van der Waals surface area contributed by atoms with Gasteiger partial charge in [-0.25, -0.2) is 5.43 Å². The van der Waals surface area contributed by atoms with Crippen LogP contribution in [-0.2, 0) is 4.79 Å². The van der Waals surface area contributed by atoms with E-state index in [9.17, 15) is 4.79 Å². The Balaban J connectivity index is 1.77.